The summed E-state index contributed by atoms with van der Waals surface area (Å²) in [4.78, 5) is 43.9. The first-order chi connectivity index (χ1) is 14.9. The average Bonchev–Trinajstić information content (AvgIpc) is 3.45. The van der Waals surface area contributed by atoms with Crippen molar-refractivity contribution in [2.45, 2.75) is 31.3 Å². The van der Waals surface area contributed by atoms with Gasteiger partial charge in [-0.25, -0.2) is 9.29 Å². The number of nitrogens with one attached hydrogen (secondary N) is 1. The van der Waals surface area contributed by atoms with Gasteiger partial charge in [0.1, 0.15) is 11.4 Å². The molecule has 1 N–H and O–H groups in total. The Kier molecular flexibility index (Phi) is 3.76. The molecular formula is C23H19ClFN3O3. The largest absolute Gasteiger partial charge is 0.324 e. The molecule has 4 aliphatic rings. The molecule has 158 valence electrons. The lowest BCUT2D eigenvalue weighted by Crippen LogP contribution is -2.54. The van der Waals surface area contributed by atoms with Crippen molar-refractivity contribution >= 4 is 40.7 Å². The van der Waals surface area contributed by atoms with Crippen LogP contribution in [0.2, 0.25) is 5.02 Å². The van der Waals surface area contributed by atoms with Crippen LogP contribution in [0.3, 0.4) is 0 Å². The van der Waals surface area contributed by atoms with Crippen molar-refractivity contribution in [1.82, 2.24) is 4.90 Å². The fraction of sp³-hybridized carbons (Fsp3) is 0.348. The van der Waals surface area contributed by atoms with E-state index in [-0.39, 0.29) is 17.6 Å². The summed E-state index contributed by atoms with van der Waals surface area (Å²) in [5.74, 6) is -3.51. The third-order valence-corrected chi connectivity index (χ3v) is 7.87. The molecule has 3 saturated heterocycles. The topological polar surface area (TPSA) is 69.7 Å². The first-order valence-electron chi connectivity index (χ1n) is 10.4. The molecule has 8 heteroatoms. The molecule has 0 radical (unpaired) electrons. The Labute approximate surface area is 183 Å². The Balaban J connectivity index is 1.59. The van der Waals surface area contributed by atoms with Gasteiger partial charge in [0, 0.05) is 16.6 Å². The number of hydrogen-bond donors (Lipinski definition) is 1. The number of anilines is 2. The molecule has 4 atom stereocenters. The molecule has 4 aliphatic heterocycles. The second kappa shape index (κ2) is 6.14. The Morgan fingerprint density at radius 3 is 2.68 bits per heavy atom. The van der Waals surface area contributed by atoms with E-state index in [1.807, 2.05) is 11.8 Å². The molecule has 3 fully saturated rings. The Morgan fingerprint density at radius 1 is 1.13 bits per heavy atom. The predicted octanol–water partition coefficient (Wildman–Crippen LogP) is 3.22. The highest BCUT2D eigenvalue weighted by Gasteiger charge is 2.74. The van der Waals surface area contributed by atoms with Crippen LogP contribution in [0.15, 0.2) is 36.4 Å². The van der Waals surface area contributed by atoms with E-state index in [9.17, 15) is 18.8 Å². The maximum Gasteiger partial charge on any atom is 0.250 e. The zero-order valence-corrected chi connectivity index (χ0v) is 17.4. The van der Waals surface area contributed by atoms with Crippen molar-refractivity contribution in [3.8, 4) is 0 Å². The lowest BCUT2D eigenvalue weighted by atomic mass is 9.75. The number of carbonyl (C=O) groups is 3. The van der Waals surface area contributed by atoms with E-state index in [2.05, 4.69) is 5.32 Å². The fourth-order valence-corrected chi connectivity index (χ4v) is 6.42. The van der Waals surface area contributed by atoms with Gasteiger partial charge in [0.05, 0.1) is 23.2 Å². The minimum Gasteiger partial charge on any atom is -0.324 e. The van der Waals surface area contributed by atoms with Gasteiger partial charge in [-0.05, 0) is 50.1 Å². The molecule has 0 saturated carbocycles. The third kappa shape index (κ3) is 2.08. The number of imide groups is 1. The molecule has 2 aromatic rings. The van der Waals surface area contributed by atoms with Crippen molar-refractivity contribution in [2.75, 3.05) is 16.8 Å². The molecular weight excluding hydrogens is 421 g/mol. The minimum absolute atomic E-state index is 0.0579. The number of hydrogen-bond acceptors (Lipinski definition) is 4. The van der Waals surface area contributed by atoms with E-state index in [1.165, 1.54) is 18.2 Å². The Bertz CT molecular complexity index is 1200. The molecule has 1 spiro atoms. The van der Waals surface area contributed by atoms with Gasteiger partial charge in [-0.3, -0.25) is 19.3 Å². The van der Waals surface area contributed by atoms with E-state index in [0.29, 0.717) is 29.2 Å². The van der Waals surface area contributed by atoms with E-state index < -0.39 is 35.0 Å². The first kappa shape index (κ1) is 19.0. The van der Waals surface area contributed by atoms with Gasteiger partial charge in [-0.1, -0.05) is 29.8 Å². The molecule has 0 aromatic heterocycles. The van der Waals surface area contributed by atoms with Gasteiger partial charge >= 0.3 is 0 Å². The quantitative estimate of drug-likeness (QED) is 0.693. The van der Waals surface area contributed by atoms with Crippen LogP contribution in [0, 0.1) is 24.6 Å². The zero-order chi connectivity index (χ0) is 21.7. The van der Waals surface area contributed by atoms with Crippen LogP contribution in [-0.4, -0.2) is 35.2 Å². The summed E-state index contributed by atoms with van der Waals surface area (Å²) >= 11 is 6.29. The van der Waals surface area contributed by atoms with Crippen LogP contribution in [-0.2, 0) is 19.9 Å². The molecule has 3 amide bonds. The molecule has 31 heavy (non-hydrogen) atoms. The van der Waals surface area contributed by atoms with Crippen LogP contribution in [0.4, 0.5) is 15.8 Å². The molecule has 0 aliphatic carbocycles. The van der Waals surface area contributed by atoms with Crippen LogP contribution in [0.5, 0.6) is 0 Å². The number of fused-ring (bicyclic) bond motifs is 7. The number of nitrogens with zero attached hydrogens (tertiary/aromatic N) is 2. The summed E-state index contributed by atoms with van der Waals surface area (Å²) in [6.07, 6.45) is 1.54. The highest BCUT2D eigenvalue weighted by molar-refractivity contribution is 6.32. The van der Waals surface area contributed by atoms with Gasteiger partial charge in [0.25, 0.3) is 0 Å². The van der Waals surface area contributed by atoms with Crippen LogP contribution in [0.1, 0.15) is 24.0 Å². The lowest BCUT2D eigenvalue weighted by molar-refractivity contribution is -0.135. The van der Waals surface area contributed by atoms with Crippen molar-refractivity contribution in [3.63, 3.8) is 0 Å². The van der Waals surface area contributed by atoms with Crippen molar-refractivity contribution in [3.05, 3.63) is 58.4 Å². The average molecular weight is 440 g/mol. The molecule has 0 bridgehead atoms. The normalized spacial score (nSPS) is 31.4. The van der Waals surface area contributed by atoms with E-state index in [4.69, 9.17) is 11.6 Å². The predicted molar refractivity (Wildman–Crippen MR) is 112 cm³/mol. The second-order valence-corrected chi connectivity index (χ2v) is 9.09. The first-order valence-corrected chi connectivity index (χ1v) is 10.8. The van der Waals surface area contributed by atoms with Gasteiger partial charge in [-0.15, -0.1) is 0 Å². The summed E-state index contributed by atoms with van der Waals surface area (Å²) in [7, 11) is 0. The lowest BCUT2D eigenvalue weighted by Gasteiger charge is -2.36. The summed E-state index contributed by atoms with van der Waals surface area (Å²) in [6.45, 7) is 2.44. The molecule has 6 nitrogen and oxygen atoms in total. The SMILES string of the molecule is Cc1c(Cl)ccc2c1NC(=O)[C@@]21[C@@H]2C(=O)N(c3ccccc3F)C(=O)[C@@H]2[C@H]2CCCN21. The number of carbonyl (C=O) groups excluding carboxylic acids is 3. The number of halogens is 2. The van der Waals surface area contributed by atoms with Crippen molar-refractivity contribution in [2.24, 2.45) is 11.8 Å². The maximum atomic E-state index is 14.6. The summed E-state index contributed by atoms with van der Waals surface area (Å²) in [5, 5.41) is 3.46. The Morgan fingerprint density at radius 2 is 1.90 bits per heavy atom. The molecule has 4 heterocycles. The van der Waals surface area contributed by atoms with Crippen LogP contribution in [0.25, 0.3) is 0 Å². The number of benzene rings is 2. The smallest absolute Gasteiger partial charge is 0.250 e. The summed E-state index contributed by atoms with van der Waals surface area (Å²) < 4.78 is 14.6. The monoisotopic (exact) mass is 439 g/mol. The Hall–Kier alpha value is -2.77. The second-order valence-electron chi connectivity index (χ2n) is 8.69. The highest BCUT2D eigenvalue weighted by atomic mass is 35.5. The standard InChI is InChI=1S/C23H19ClFN3O3/c1-11-13(24)9-8-12-19(11)26-22(31)23(12)18-17(16-7-4-10-27(16)23)20(29)28(21(18)30)15-6-3-2-5-14(15)25/h2-3,5-6,8-9,16-18H,4,7,10H2,1H3,(H,26,31)/t16-,17-,18+,23+/m1/s1. The molecule has 2 aromatic carbocycles. The minimum atomic E-state index is -1.29. The van der Waals surface area contributed by atoms with Crippen molar-refractivity contribution in [1.29, 1.82) is 0 Å². The molecule has 6 rings (SSSR count). The van der Waals surface area contributed by atoms with Gasteiger partial charge < -0.3 is 5.32 Å². The fourth-order valence-electron chi connectivity index (χ4n) is 6.26. The van der Waals surface area contributed by atoms with Gasteiger partial charge in [0.2, 0.25) is 17.7 Å². The van der Waals surface area contributed by atoms with E-state index >= 15 is 0 Å². The maximum absolute atomic E-state index is 14.6. The summed E-state index contributed by atoms with van der Waals surface area (Å²) in [6, 6.07) is 9.02. The molecule has 0 unspecified atom stereocenters. The zero-order valence-electron chi connectivity index (χ0n) is 16.7. The van der Waals surface area contributed by atoms with Gasteiger partial charge in [0.15, 0.2) is 0 Å². The number of para-hydroxylation sites is 1. The highest BCUT2D eigenvalue weighted by Crippen LogP contribution is 2.61. The van der Waals surface area contributed by atoms with Gasteiger partial charge in [-0.2, -0.15) is 0 Å². The number of amides is 3. The van der Waals surface area contributed by atoms with Crippen molar-refractivity contribution < 1.29 is 18.8 Å². The summed E-state index contributed by atoms with van der Waals surface area (Å²) in [5.41, 5.74) is 0.663. The van der Waals surface area contributed by atoms with E-state index in [1.54, 1.807) is 18.2 Å². The van der Waals surface area contributed by atoms with Crippen LogP contribution >= 0.6 is 11.6 Å². The van der Waals surface area contributed by atoms with Crippen LogP contribution < -0.4 is 10.2 Å². The van der Waals surface area contributed by atoms with E-state index in [0.717, 1.165) is 16.9 Å². The number of rotatable bonds is 1. The third-order valence-electron chi connectivity index (χ3n) is 7.46.